The largest absolute Gasteiger partial charge is 0.384 e. The number of ether oxygens (including phenoxy) is 1. The molecule has 5 nitrogen and oxygen atoms in total. The summed E-state index contributed by atoms with van der Waals surface area (Å²) in [6, 6.07) is 12.7. The highest BCUT2D eigenvalue weighted by Gasteiger charge is 2.37. The molecule has 6 heteroatoms. The van der Waals surface area contributed by atoms with Crippen LogP contribution in [-0.4, -0.2) is 36.2 Å². The standard InChI is InChI=1S/C17H20N4OS/c1-22-12-7-15-19-16(23-20-15)21-10-8-17(13-18,9-11-21)14-5-3-2-4-6-14/h2-6H,7-12H2,1H3. The third-order valence-electron chi connectivity index (χ3n) is 4.42. The summed E-state index contributed by atoms with van der Waals surface area (Å²) in [4.78, 5) is 6.83. The number of benzene rings is 1. The zero-order chi connectivity index (χ0) is 16.1. The van der Waals surface area contributed by atoms with Crippen LogP contribution in [0.2, 0.25) is 0 Å². The predicted molar refractivity (Wildman–Crippen MR) is 90.7 cm³/mol. The lowest BCUT2D eigenvalue weighted by Crippen LogP contribution is -2.42. The molecule has 0 N–H and O–H groups in total. The molecular weight excluding hydrogens is 308 g/mol. The molecule has 2 heterocycles. The number of anilines is 1. The Balaban J connectivity index is 1.68. The van der Waals surface area contributed by atoms with Crippen molar-refractivity contribution in [2.45, 2.75) is 24.7 Å². The molecule has 0 aliphatic carbocycles. The minimum atomic E-state index is -0.374. The molecule has 1 fully saturated rings. The molecule has 2 aromatic rings. The lowest BCUT2D eigenvalue weighted by molar-refractivity contribution is 0.201. The van der Waals surface area contributed by atoms with E-state index in [4.69, 9.17) is 4.74 Å². The molecule has 1 saturated heterocycles. The van der Waals surface area contributed by atoms with Crippen LogP contribution in [0.25, 0.3) is 0 Å². The Morgan fingerprint density at radius 1 is 1.30 bits per heavy atom. The van der Waals surface area contributed by atoms with Crippen LogP contribution >= 0.6 is 11.5 Å². The van der Waals surface area contributed by atoms with Gasteiger partial charge in [-0.3, -0.25) is 0 Å². The summed E-state index contributed by atoms with van der Waals surface area (Å²) in [5.74, 6) is 0.840. The number of methoxy groups -OCH3 is 1. The van der Waals surface area contributed by atoms with Gasteiger partial charge in [-0.2, -0.15) is 9.64 Å². The Bertz CT molecular complexity index is 671. The van der Waals surface area contributed by atoms with Crippen LogP contribution in [-0.2, 0) is 16.6 Å². The van der Waals surface area contributed by atoms with Crippen molar-refractivity contribution < 1.29 is 4.74 Å². The van der Waals surface area contributed by atoms with Crippen LogP contribution < -0.4 is 4.90 Å². The van der Waals surface area contributed by atoms with Crippen LogP contribution in [0.1, 0.15) is 24.2 Å². The van der Waals surface area contributed by atoms with Crippen molar-refractivity contribution in [3.05, 3.63) is 41.7 Å². The number of aromatic nitrogens is 2. The van der Waals surface area contributed by atoms with Gasteiger partial charge in [-0.15, -0.1) is 0 Å². The van der Waals surface area contributed by atoms with Gasteiger partial charge in [0.05, 0.1) is 18.1 Å². The Hall–Kier alpha value is -1.97. The van der Waals surface area contributed by atoms with Gasteiger partial charge in [0.15, 0.2) is 0 Å². The van der Waals surface area contributed by atoms with E-state index in [1.165, 1.54) is 11.5 Å². The Morgan fingerprint density at radius 3 is 2.70 bits per heavy atom. The molecule has 0 unspecified atom stereocenters. The van der Waals surface area contributed by atoms with E-state index in [1.807, 2.05) is 18.2 Å². The maximum absolute atomic E-state index is 9.75. The topological polar surface area (TPSA) is 62.0 Å². The van der Waals surface area contributed by atoms with E-state index in [-0.39, 0.29) is 5.41 Å². The number of hydrogen-bond acceptors (Lipinski definition) is 6. The van der Waals surface area contributed by atoms with E-state index in [0.717, 1.165) is 48.9 Å². The predicted octanol–water partition coefficient (Wildman–Crippen LogP) is 2.79. The van der Waals surface area contributed by atoms with Crippen LogP contribution in [0, 0.1) is 11.3 Å². The summed E-state index contributed by atoms with van der Waals surface area (Å²) >= 11 is 1.44. The van der Waals surface area contributed by atoms with Crippen LogP contribution in [0.3, 0.4) is 0 Å². The van der Waals surface area contributed by atoms with E-state index < -0.39 is 0 Å². The van der Waals surface area contributed by atoms with Crippen LogP contribution in [0.4, 0.5) is 5.13 Å². The molecule has 1 aliphatic rings. The third-order valence-corrected chi connectivity index (χ3v) is 5.23. The summed E-state index contributed by atoms with van der Waals surface area (Å²) < 4.78 is 9.45. The number of nitriles is 1. The van der Waals surface area contributed by atoms with Gasteiger partial charge in [-0.1, -0.05) is 30.3 Å². The molecule has 1 aromatic carbocycles. The SMILES string of the molecule is COCCc1nsc(N2CCC(C#N)(c3ccccc3)CC2)n1. The lowest BCUT2D eigenvalue weighted by Gasteiger charge is -2.37. The monoisotopic (exact) mass is 328 g/mol. The second kappa shape index (κ2) is 7.07. The summed E-state index contributed by atoms with van der Waals surface area (Å²) in [6.07, 6.45) is 2.38. The maximum Gasteiger partial charge on any atom is 0.205 e. The van der Waals surface area contributed by atoms with Gasteiger partial charge >= 0.3 is 0 Å². The molecule has 3 rings (SSSR count). The minimum Gasteiger partial charge on any atom is -0.384 e. The van der Waals surface area contributed by atoms with Crippen molar-refractivity contribution in [1.82, 2.24) is 9.36 Å². The van der Waals surface area contributed by atoms with Gasteiger partial charge < -0.3 is 9.64 Å². The smallest absolute Gasteiger partial charge is 0.205 e. The lowest BCUT2D eigenvalue weighted by atomic mass is 9.74. The number of hydrogen-bond donors (Lipinski definition) is 0. The Morgan fingerprint density at radius 2 is 2.04 bits per heavy atom. The normalized spacial score (nSPS) is 17.0. The van der Waals surface area contributed by atoms with Crippen molar-refractivity contribution in [2.75, 3.05) is 31.7 Å². The highest BCUT2D eigenvalue weighted by molar-refractivity contribution is 7.09. The molecule has 0 atom stereocenters. The average molecular weight is 328 g/mol. The average Bonchev–Trinajstić information content (AvgIpc) is 3.09. The van der Waals surface area contributed by atoms with Crippen molar-refractivity contribution in [3.8, 4) is 6.07 Å². The number of nitrogens with zero attached hydrogens (tertiary/aromatic N) is 4. The van der Waals surface area contributed by atoms with Gasteiger partial charge in [0.25, 0.3) is 0 Å². The van der Waals surface area contributed by atoms with Crippen molar-refractivity contribution in [3.63, 3.8) is 0 Å². The second-order valence-electron chi connectivity index (χ2n) is 5.78. The van der Waals surface area contributed by atoms with E-state index >= 15 is 0 Å². The van der Waals surface area contributed by atoms with Crippen molar-refractivity contribution in [2.24, 2.45) is 0 Å². The zero-order valence-electron chi connectivity index (χ0n) is 13.2. The summed E-state index contributed by atoms with van der Waals surface area (Å²) in [6.45, 7) is 2.31. The molecule has 0 bridgehead atoms. The van der Waals surface area contributed by atoms with Crippen LogP contribution in [0.15, 0.2) is 30.3 Å². The van der Waals surface area contributed by atoms with Gasteiger partial charge in [0, 0.05) is 38.2 Å². The molecule has 0 amide bonds. The highest BCUT2D eigenvalue weighted by atomic mass is 32.1. The van der Waals surface area contributed by atoms with E-state index in [9.17, 15) is 5.26 Å². The molecule has 1 aliphatic heterocycles. The molecule has 120 valence electrons. The molecule has 0 radical (unpaired) electrons. The van der Waals surface area contributed by atoms with Gasteiger partial charge in [0.2, 0.25) is 5.13 Å². The second-order valence-corrected chi connectivity index (χ2v) is 6.51. The third kappa shape index (κ3) is 3.36. The van der Waals surface area contributed by atoms with E-state index in [2.05, 4.69) is 32.5 Å². The van der Waals surface area contributed by atoms with Gasteiger partial charge in [-0.25, -0.2) is 4.98 Å². The number of piperidine rings is 1. The summed E-state index contributed by atoms with van der Waals surface area (Å²) in [5.41, 5.74) is 0.752. The van der Waals surface area contributed by atoms with Crippen molar-refractivity contribution >= 4 is 16.7 Å². The first-order chi connectivity index (χ1) is 11.3. The summed E-state index contributed by atoms with van der Waals surface area (Å²) in [7, 11) is 1.68. The van der Waals surface area contributed by atoms with E-state index in [1.54, 1.807) is 7.11 Å². The zero-order valence-corrected chi connectivity index (χ0v) is 14.1. The maximum atomic E-state index is 9.75. The first-order valence-electron chi connectivity index (χ1n) is 7.81. The Kier molecular flexibility index (Phi) is 4.89. The van der Waals surface area contributed by atoms with Gasteiger partial charge in [-0.05, 0) is 18.4 Å². The molecule has 0 spiro atoms. The van der Waals surface area contributed by atoms with Crippen molar-refractivity contribution in [1.29, 1.82) is 5.26 Å². The molecule has 0 saturated carbocycles. The first kappa shape index (κ1) is 15.9. The summed E-state index contributed by atoms with van der Waals surface area (Å²) in [5, 5.41) is 10.7. The number of rotatable bonds is 5. The van der Waals surface area contributed by atoms with Gasteiger partial charge in [0.1, 0.15) is 5.82 Å². The highest BCUT2D eigenvalue weighted by Crippen LogP contribution is 2.36. The fraction of sp³-hybridized carbons (Fsp3) is 0.471. The Labute approximate surface area is 140 Å². The molecule has 23 heavy (non-hydrogen) atoms. The minimum absolute atomic E-state index is 0.374. The molecule has 1 aromatic heterocycles. The first-order valence-corrected chi connectivity index (χ1v) is 8.58. The fourth-order valence-corrected chi connectivity index (χ4v) is 3.73. The molecular formula is C17H20N4OS. The van der Waals surface area contributed by atoms with E-state index in [0.29, 0.717) is 6.61 Å². The quantitative estimate of drug-likeness (QED) is 0.844. The van der Waals surface area contributed by atoms with Crippen LogP contribution in [0.5, 0.6) is 0 Å². The fourth-order valence-electron chi connectivity index (χ4n) is 2.97.